The molecule has 0 aliphatic heterocycles. The highest BCUT2D eigenvalue weighted by Gasteiger charge is 2.17. The number of alkyl halides is 2. The van der Waals surface area contributed by atoms with Crippen LogP contribution < -0.4 is 0 Å². The van der Waals surface area contributed by atoms with Crippen molar-refractivity contribution in [3.05, 3.63) is 32.7 Å². The number of benzene rings is 1. The Morgan fingerprint density at radius 2 is 2.05 bits per heavy atom. The van der Waals surface area contributed by atoms with E-state index >= 15 is 0 Å². The van der Waals surface area contributed by atoms with Gasteiger partial charge < -0.3 is 0 Å². The normalized spacial score (nSPS) is 11.6. The van der Waals surface area contributed by atoms with E-state index < -0.39 is 12.2 Å². The fourth-order valence-corrected chi connectivity index (χ4v) is 2.84. The van der Waals surface area contributed by atoms with E-state index in [0.717, 1.165) is 11.3 Å². The molecular formula is C10H4F3IN4S. The molecule has 98 valence electrons. The molecule has 0 aliphatic rings. The van der Waals surface area contributed by atoms with Crippen LogP contribution in [0.5, 0.6) is 0 Å². The summed E-state index contributed by atoms with van der Waals surface area (Å²) in [4.78, 5) is 0. The maximum Gasteiger partial charge on any atom is 0.291 e. The highest BCUT2D eigenvalue weighted by molar-refractivity contribution is 14.1. The fourth-order valence-electron chi connectivity index (χ4n) is 1.60. The number of aromatic nitrogens is 4. The molecule has 0 saturated carbocycles. The second-order valence-electron chi connectivity index (χ2n) is 3.60. The lowest BCUT2D eigenvalue weighted by Gasteiger charge is -1.99. The van der Waals surface area contributed by atoms with Gasteiger partial charge in [0, 0.05) is 3.57 Å². The van der Waals surface area contributed by atoms with Gasteiger partial charge in [0.1, 0.15) is 5.82 Å². The summed E-state index contributed by atoms with van der Waals surface area (Å²) < 4.78 is 40.7. The van der Waals surface area contributed by atoms with Gasteiger partial charge in [0.2, 0.25) is 5.13 Å². The third-order valence-electron chi connectivity index (χ3n) is 2.40. The molecule has 4 nitrogen and oxygen atoms in total. The van der Waals surface area contributed by atoms with Gasteiger partial charge in [-0.2, -0.15) is 5.10 Å². The van der Waals surface area contributed by atoms with E-state index in [1.807, 2.05) is 22.6 Å². The van der Waals surface area contributed by atoms with Crippen LogP contribution in [0.2, 0.25) is 0 Å². The van der Waals surface area contributed by atoms with Crippen molar-refractivity contribution < 1.29 is 13.2 Å². The molecule has 0 aliphatic carbocycles. The summed E-state index contributed by atoms with van der Waals surface area (Å²) in [5.41, 5.74) is 0.473. The van der Waals surface area contributed by atoms with E-state index in [-0.39, 0.29) is 10.1 Å². The van der Waals surface area contributed by atoms with Gasteiger partial charge in [-0.3, -0.25) is 0 Å². The zero-order valence-electron chi connectivity index (χ0n) is 9.02. The van der Waals surface area contributed by atoms with Crippen LogP contribution in [0.4, 0.5) is 13.2 Å². The summed E-state index contributed by atoms with van der Waals surface area (Å²) in [6.07, 6.45) is -1.34. The van der Waals surface area contributed by atoms with Crippen LogP contribution in [0.3, 0.4) is 0 Å². The monoisotopic (exact) mass is 396 g/mol. The maximum atomic E-state index is 13.7. The number of rotatable bonds is 2. The summed E-state index contributed by atoms with van der Waals surface area (Å²) in [7, 11) is 0. The molecule has 2 aromatic heterocycles. The van der Waals surface area contributed by atoms with Crippen molar-refractivity contribution in [2.45, 2.75) is 6.43 Å². The molecule has 0 fully saturated rings. The van der Waals surface area contributed by atoms with E-state index in [2.05, 4.69) is 15.3 Å². The van der Waals surface area contributed by atoms with Gasteiger partial charge in [-0.15, -0.1) is 10.2 Å². The lowest BCUT2D eigenvalue weighted by Crippen LogP contribution is -1.95. The van der Waals surface area contributed by atoms with Crippen molar-refractivity contribution in [3.8, 4) is 5.13 Å². The van der Waals surface area contributed by atoms with Crippen molar-refractivity contribution in [2.75, 3.05) is 0 Å². The topological polar surface area (TPSA) is 43.6 Å². The summed E-state index contributed by atoms with van der Waals surface area (Å²) in [6.45, 7) is 0. The van der Waals surface area contributed by atoms with Gasteiger partial charge in [0.15, 0.2) is 5.01 Å². The molecule has 0 radical (unpaired) electrons. The molecular weight excluding hydrogens is 392 g/mol. The Labute approximate surface area is 122 Å². The minimum atomic E-state index is -2.68. The molecule has 0 spiro atoms. The minimum absolute atomic E-state index is 0.187. The molecule has 3 aromatic rings. The van der Waals surface area contributed by atoms with Crippen LogP contribution in [0.25, 0.3) is 16.0 Å². The summed E-state index contributed by atoms with van der Waals surface area (Å²) >= 11 is 2.70. The Bertz CT molecular complexity index is 754. The first-order chi connectivity index (χ1) is 9.06. The number of nitrogens with zero attached hydrogens (tertiary/aromatic N) is 4. The molecule has 3 rings (SSSR count). The van der Waals surface area contributed by atoms with Gasteiger partial charge in [0.25, 0.3) is 6.43 Å². The largest absolute Gasteiger partial charge is 0.291 e. The number of hydrogen-bond donors (Lipinski definition) is 0. The average Bonchev–Trinajstić information content (AvgIpc) is 2.93. The molecule has 1 aromatic carbocycles. The Balaban J connectivity index is 2.19. The highest BCUT2D eigenvalue weighted by Crippen LogP contribution is 2.28. The zero-order chi connectivity index (χ0) is 13.6. The van der Waals surface area contributed by atoms with E-state index in [1.54, 1.807) is 6.07 Å². The van der Waals surface area contributed by atoms with Crippen LogP contribution in [-0.4, -0.2) is 20.0 Å². The Hall–Kier alpha value is -1.23. The van der Waals surface area contributed by atoms with Crippen molar-refractivity contribution in [3.63, 3.8) is 0 Å². The zero-order valence-corrected chi connectivity index (χ0v) is 12.0. The average molecular weight is 396 g/mol. The SMILES string of the molecule is Fc1cc(I)cc2c1cnn2-c1nnc(C(F)F)s1. The Kier molecular flexibility index (Phi) is 3.17. The third-order valence-corrected chi connectivity index (χ3v) is 3.93. The van der Waals surface area contributed by atoms with Crippen molar-refractivity contribution in [1.29, 1.82) is 0 Å². The lowest BCUT2D eigenvalue weighted by molar-refractivity contribution is 0.150. The van der Waals surface area contributed by atoms with Gasteiger partial charge in [0.05, 0.1) is 17.1 Å². The Morgan fingerprint density at radius 3 is 2.74 bits per heavy atom. The van der Waals surface area contributed by atoms with E-state index in [1.165, 1.54) is 16.9 Å². The number of halogens is 4. The van der Waals surface area contributed by atoms with Crippen molar-refractivity contribution in [1.82, 2.24) is 20.0 Å². The molecule has 0 amide bonds. The highest BCUT2D eigenvalue weighted by atomic mass is 127. The first kappa shape index (κ1) is 12.8. The molecule has 0 atom stereocenters. The van der Waals surface area contributed by atoms with E-state index in [4.69, 9.17) is 0 Å². The molecule has 2 heterocycles. The van der Waals surface area contributed by atoms with Gasteiger partial charge in [-0.25, -0.2) is 17.9 Å². The summed E-state index contributed by atoms with van der Waals surface area (Å²) in [5, 5.41) is 11.1. The summed E-state index contributed by atoms with van der Waals surface area (Å²) in [5.74, 6) is -0.410. The Morgan fingerprint density at radius 1 is 1.26 bits per heavy atom. The van der Waals surface area contributed by atoms with Crippen LogP contribution in [0.15, 0.2) is 18.3 Å². The van der Waals surface area contributed by atoms with E-state index in [9.17, 15) is 13.2 Å². The summed E-state index contributed by atoms with van der Waals surface area (Å²) in [6, 6.07) is 3.08. The maximum absolute atomic E-state index is 13.7. The van der Waals surface area contributed by atoms with Crippen molar-refractivity contribution >= 4 is 44.8 Å². The third kappa shape index (κ3) is 2.20. The predicted octanol–water partition coefficient (Wildman–Crippen LogP) is 3.56. The van der Waals surface area contributed by atoms with Crippen LogP contribution in [0.1, 0.15) is 11.4 Å². The minimum Gasteiger partial charge on any atom is -0.206 e. The quantitative estimate of drug-likeness (QED) is 0.623. The first-order valence-corrected chi connectivity index (χ1v) is 6.90. The van der Waals surface area contributed by atoms with Crippen LogP contribution in [-0.2, 0) is 0 Å². The van der Waals surface area contributed by atoms with Crippen LogP contribution in [0, 0.1) is 9.39 Å². The standard InChI is InChI=1S/C10H4F3IN4S/c11-6-1-4(14)2-7-5(6)3-15-18(7)10-17-16-9(19-10)8(12)13/h1-3,8H. The van der Waals surface area contributed by atoms with E-state index in [0.29, 0.717) is 14.5 Å². The molecule has 9 heteroatoms. The lowest BCUT2D eigenvalue weighted by atomic mass is 10.2. The number of hydrogen-bond acceptors (Lipinski definition) is 4. The number of fused-ring (bicyclic) bond motifs is 1. The van der Waals surface area contributed by atoms with Gasteiger partial charge in [-0.05, 0) is 34.7 Å². The van der Waals surface area contributed by atoms with Crippen molar-refractivity contribution in [2.24, 2.45) is 0 Å². The van der Waals surface area contributed by atoms with Gasteiger partial charge >= 0.3 is 0 Å². The second kappa shape index (κ2) is 4.71. The smallest absolute Gasteiger partial charge is 0.206 e. The predicted molar refractivity (Wildman–Crippen MR) is 72.2 cm³/mol. The molecule has 0 N–H and O–H groups in total. The first-order valence-electron chi connectivity index (χ1n) is 5.01. The molecule has 0 saturated heterocycles. The van der Waals surface area contributed by atoms with Crippen LogP contribution >= 0.6 is 33.9 Å². The molecule has 0 unspecified atom stereocenters. The van der Waals surface area contributed by atoms with Gasteiger partial charge in [-0.1, -0.05) is 11.3 Å². The fraction of sp³-hybridized carbons (Fsp3) is 0.100. The second-order valence-corrected chi connectivity index (χ2v) is 5.83. The molecule has 19 heavy (non-hydrogen) atoms. The molecule has 0 bridgehead atoms.